The first kappa shape index (κ1) is 19.8. The number of sulfonamides is 1. The van der Waals surface area contributed by atoms with E-state index in [2.05, 4.69) is 20.3 Å². The number of piperidine rings is 1. The number of anilines is 1. The van der Waals surface area contributed by atoms with Crippen LogP contribution >= 0.6 is 11.6 Å². The van der Waals surface area contributed by atoms with Gasteiger partial charge in [0.25, 0.3) is 0 Å². The standard InChI is InChI=1S/C18H24ClN5O3S/c1-28(26,27)24-7-5-12(6-8-24)21-18-20-10-11-9-15(19)22-17(16(11)23-18)13-3-2-4-14(13)25/h9-10,12-14,25H,2-8H2,1H3,(H,20,21,23)/t13-,14-/m0/s1. The highest BCUT2D eigenvalue weighted by atomic mass is 35.5. The van der Waals surface area contributed by atoms with Gasteiger partial charge in [0.15, 0.2) is 0 Å². The highest BCUT2D eigenvalue weighted by Gasteiger charge is 2.30. The van der Waals surface area contributed by atoms with Gasteiger partial charge in [-0.15, -0.1) is 0 Å². The summed E-state index contributed by atoms with van der Waals surface area (Å²) in [7, 11) is -3.15. The van der Waals surface area contributed by atoms with Crippen molar-refractivity contribution < 1.29 is 13.5 Å². The predicted molar refractivity (Wildman–Crippen MR) is 108 cm³/mol. The first-order chi connectivity index (χ1) is 13.3. The van der Waals surface area contributed by atoms with Crippen LogP contribution in [0.2, 0.25) is 5.15 Å². The third kappa shape index (κ3) is 4.07. The second-order valence-electron chi connectivity index (χ2n) is 7.65. The molecular formula is C18H24ClN5O3S. The molecule has 1 aliphatic carbocycles. The molecule has 2 N–H and O–H groups in total. The molecule has 2 atom stereocenters. The summed E-state index contributed by atoms with van der Waals surface area (Å²) in [4.78, 5) is 13.5. The maximum Gasteiger partial charge on any atom is 0.223 e. The van der Waals surface area contributed by atoms with Crippen molar-refractivity contribution >= 4 is 38.5 Å². The number of fused-ring (bicyclic) bond motifs is 1. The van der Waals surface area contributed by atoms with E-state index in [1.807, 2.05) is 0 Å². The van der Waals surface area contributed by atoms with Gasteiger partial charge in [-0.05, 0) is 31.7 Å². The lowest BCUT2D eigenvalue weighted by Crippen LogP contribution is -2.42. The molecule has 8 nitrogen and oxygen atoms in total. The minimum Gasteiger partial charge on any atom is -0.392 e. The summed E-state index contributed by atoms with van der Waals surface area (Å²) in [5.74, 6) is 0.421. The molecule has 0 spiro atoms. The SMILES string of the molecule is CS(=O)(=O)N1CCC(Nc2ncc3cc(Cl)nc([C@H]4CCC[C@@H]4O)c3n2)CC1. The number of aliphatic hydroxyl groups excluding tert-OH is 1. The normalized spacial score (nSPS) is 24.7. The fourth-order valence-corrected chi connectivity index (χ4v) is 5.22. The summed E-state index contributed by atoms with van der Waals surface area (Å²) in [5.41, 5.74) is 1.44. The summed E-state index contributed by atoms with van der Waals surface area (Å²) in [6.45, 7) is 0.974. The van der Waals surface area contributed by atoms with Crippen molar-refractivity contribution in [2.24, 2.45) is 0 Å². The molecule has 152 valence electrons. The highest BCUT2D eigenvalue weighted by Crippen LogP contribution is 2.37. The average molecular weight is 426 g/mol. The number of hydrogen-bond donors (Lipinski definition) is 2. The maximum absolute atomic E-state index is 11.7. The number of nitrogens with zero attached hydrogens (tertiary/aromatic N) is 4. The van der Waals surface area contributed by atoms with E-state index >= 15 is 0 Å². The van der Waals surface area contributed by atoms with Gasteiger partial charge in [0.05, 0.1) is 23.6 Å². The van der Waals surface area contributed by atoms with Gasteiger partial charge in [-0.25, -0.2) is 27.7 Å². The number of pyridine rings is 1. The predicted octanol–water partition coefficient (Wildman–Crippen LogP) is 2.14. The van der Waals surface area contributed by atoms with Crippen LogP contribution in [0.5, 0.6) is 0 Å². The maximum atomic E-state index is 11.7. The van der Waals surface area contributed by atoms with Crippen molar-refractivity contribution in [3.8, 4) is 0 Å². The molecule has 0 unspecified atom stereocenters. The van der Waals surface area contributed by atoms with E-state index in [0.717, 1.165) is 30.3 Å². The van der Waals surface area contributed by atoms with E-state index in [0.29, 0.717) is 42.5 Å². The minimum absolute atomic E-state index is 0.0676. The van der Waals surface area contributed by atoms with Gasteiger partial charge in [-0.3, -0.25) is 0 Å². The monoisotopic (exact) mass is 425 g/mol. The fraction of sp³-hybridized carbons (Fsp3) is 0.611. The first-order valence-electron chi connectivity index (χ1n) is 9.54. The Kier molecular flexibility index (Phi) is 5.43. The van der Waals surface area contributed by atoms with Crippen molar-refractivity contribution in [1.29, 1.82) is 0 Å². The van der Waals surface area contributed by atoms with Crippen molar-refractivity contribution in [3.63, 3.8) is 0 Å². The van der Waals surface area contributed by atoms with Gasteiger partial charge in [-0.2, -0.15) is 0 Å². The molecule has 0 aromatic carbocycles. The number of nitrogens with one attached hydrogen (secondary N) is 1. The van der Waals surface area contributed by atoms with Crippen LogP contribution in [0.1, 0.15) is 43.7 Å². The minimum atomic E-state index is -3.15. The van der Waals surface area contributed by atoms with Crippen molar-refractivity contribution in [3.05, 3.63) is 23.1 Å². The second-order valence-corrected chi connectivity index (χ2v) is 10.0. The summed E-state index contributed by atoms with van der Waals surface area (Å²) in [6, 6.07) is 1.84. The molecule has 0 radical (unpaired) electrons. The Labute approximate surface area is 169 Å². The Hall–Kier alpha value is -1.55. The van der Waals surface area contributed by atoms with Gasteiger partial charge in [0.2, 0.25) is 16.0 Å². The Balaban J connectivity index is 1.57. The third-order valence-electron chi connectivity index (χ3n) is 5.65. The molecule has 0 bridgehead atoms. The summed E-state index contributed by atoms with van der Waals surface area (Å²) < 4.78 is 24.8. The topological polar surface area (TPSA) is 108 Å². The van der Waals surface area contributed by atoms with Crippen LogP contribution in [-0.2, 0) is 10.0 Å². The zero-order valence-electron chi connectivity index (χ0n) is 15.7. The van der Waals surface area contributed by atoms with Gasteiger partial charge in [0, 0.05) is 36.6 Å². The molecule has 1 aliphatic heterocycles. The van der Waals surface area contributed by atoms with E-state index in [1.54, 1.807) is 12.3 Å². The van der Waals surface area contributed by atoms with E-state index in [-0.39, 0.29) is 12.0 Å². The van der Waals surface area contributed by atoms with Crippen LogP contribution < -0.4 is 5.32 Å². The second kappa shape index (κ2) is 7.70. The zero-order valence-corrected chi connectivity index (χ0v) is 17.2. The third-order valence-corrected chi connectivity index (χ3v) is 7.15. The Morgan fingerprint density at radius 3 is 2.61 bits per heavy atom. The fourth-order valence-electron chi connectivity index (χ4n) is 4.13. The molecule has 2 fully saturated rings. The molecule has 2 aliphatic rings. The highest BCUT2D eigenvalue weighted by molar-refractivity contribution is 7.88. The molecule has 2 aromatic rings. The van der Waals surface area contributed by atoms with Crippen molar-refractivity contribution in [2.75, 3.05) is 24.7 Å². The molecule has 10 heteroatoms. The van der Waals surface area contributed by atoms with E-state index in [4.69, 9.17) is 11.6 Å². The number of aromatic nitrogens is 3. The number of halogens is 1. The number of hydrogen-bond acceptors (Lipinski definition) is 7. The number of aliphatic hydroxyl groups is 1. The van der Waals surface area contributed by atoms with Crippen LogP contribution in [0.15, 0.2) is 12.3 Å². The van der Waals surface area contributed by atoms with Crippen LogP contribution in [0, 0.1) is 0 Å². The van der Waals surface area contributed by atoms with Gasteiger partial charge < -0.3 is 10.4 Å². The largest absolute Gasteiger partial charge is 0.392 e. The molecular weight excluding hydrogens is 402 g/mol. The lowest BCUT2D eigenvalue weighted by atomic mass is 9.99. The average Bonchev–Trinajstić information content (AvgIpc) is 3.07. The summed E-state index contributed by atoms with van der Waals surface area (Å²) >= 11 is 6.18. The summed E-state index contributed by atoms with van der Waals surface area (Å²) in [5, 5.41) is 14.8. The molecule has 28 heavy (non-hydrogen) atoms. The van der Waals surface area contributed by atoms with Crippen LogP contribution in [0.25, 0.3) is 10.9 Å². The Morgan fingerprint density at radius 2 is 1.96 bits per heavy atom. The lowest BCUT2D eigenvalue weighted by molar-refractivity contribution is 0.163. The van der Waals surface area contributed by atoms with E-state index in [1.165, 1.54) is 10.6 Å². The van der Waals surface area contributed by atoms with Crippen molar-refractivity contribution in [1.82, 2.24) is 19.3 Å². The van der Waals surface area contributed by atoms with Gasteiger partial charge in [-0.1, -0.05) is 18.0 Å². The molecule has 1 saturated heterocycles. The quantitative estimate of drug-likeness (QED) is 0.722. The Bertz CT molecular complexity index is 979. The Morgan fingerprint density at radius 1 is 1.21 bits per heavy atom. The zero-order chi connectivity index (χ0) is 19.9. The molecule has 4 rings (SSSR count). The van der Waals surface area contributed by atoms with Crippen LogP contribution in [0.4, 0.5) is 5.95 Å². The molecule has 3 heterocycles. The number of rotatable bonds is 4. The summed E-state index contributed by atoms with van der Waals surface area (Å²) in [6.07, 6.45) is 6.50. The lowest BCUT2D eigenvalue weighted by Gasteiger charge is -2.30. The van der Waals surface area contributed by atoms with E-state index in [9.17, 15) is 13.5 Å². The smallest absolute Gasteiger partial charge is 0.223 e. The van der Waals surface area contributed by atoms with Crippen molar-refractivity contribution in [2.45, 2.75) is 50.2 Å². The first-order valence-corrected chi connectivity index (χ1v) is 11.8. The van der Waals surface area contributed by atoms with Gasteiger partial charge in [0.1, 0.15) is 5.15 Å². The molecule has 2 aromatic heterocycles. The molecule has 1 saturated carbocycles. The van der Waals surface area contributed by atoms with Gasteiger partial charge >= 0.3 is 0 Å². The van der Waals surface area contributed by atoms with E-state index < -0.39 is 16.1 Å². The van der Waals surface area contributed by atoms with Crippen LogP contribution in [-0.4, -0.2) is 64.3 Å². The van der Waals surface area contributed by atoms with Crippen LogP contribution in [0.3, 0.4) is 0 Å². The molecule has 0 amide bonds.